The number of methoxy groups -OCH3 is 2. The van der Waals surface area contributed by atoms with E-state index in [1.807, 2.05) is 0 Å². The van der Waals surface area contributed by atoms with Crippen LogP contribution in [0.25, 0.3) is 0 Å². The molecule has 0 bridgehead atoms. The molecule has 0 aliphatic heterocycles. The molecule has 2 aliphatic carbocycles. The summed E-state index contributed by atoms with van der Waals surface area (Å²) in [4.78, 5) is 22.2. The summed E-state index contributed by atoms with van der Waals surface area (Å²) in [6.07, 6.45) is -6.15. The number of carboxylic acid groups (broad SMARTS) is 1. The molecule has 2 aliphatic rings. The highest BCUT2D eigenvalue weighted by Gasteiger charge is 2.37. The van der Waals surface area contributed by atoms with E-state index in [-0.39, 0.29) is 57.3 Å². The Morgan fingerprint density at radius 3 is 1.41 bits per heavy atom. The van der Waals surface area contributed by atoms with Gasteiger partial charge in [-0.1, -0.05) is 12.1 Å². The Hall–Kier alpha value is -5.28. The minimum absolute atomic E-state index is 0.0111. The average molecular weight is 937 g/mol. The molecule has 0 atom stereocenters. The maximum absolute atomic E-state index is 13.6. The van der Waals surface area contributed by atoms with Gasteiger partial charge in [-0.15, -0.1) is 0 Å². The van der Waals surface area contributed by atoms with Crippen molar-refractivity contribution in [2.75, 3.05) is 14.2 Å². The molecule has 4 aromatic carbocycles. The first-order chi connectivity index (χ1) is 29.3. The van der Waals surface area contributed by atoms with Crippen molar-refractivity contribution in [1.29, 1.82) is 0 Å². The third kappa shape index (κ3) is 13.9. The van der Waals surface area contributed by atoms with Crippen LogP contribution in [0.4, 0.5) is 35.1 Å². The second-order valence-corrected chi connectivity index (χ2v) is 19.1. The first kappa shape index (κ1) is 50.4. The molecule has 2 saturated carbocycles. The van der Waals surface area contributed by atoms with E-state index in [1.165, 1.54) is 32.4 Å². The topological polar surface area (TPSA) is 179 Å². The highest BCUT2D eigenvalue weighted by molar-refractivity contribution is 7.92. The Kier molecular flexibility index (Phi) is 16.7. The quantitative estimate of drug-likeness (QED) is 0.138. The number of hydrogen-bond donors (Lipinski definition) is 3. The standard InChI is InChI=1S/C21H21F4NO4S.C13H16F3NO2S.C8H7FO3/c1-30-17-10-13(9-15(22)12-17)20(27)26-16-5-7-18(8-6-16)31(28,29)19-4-2-3-14(11-19)21(23,24)25;14-13(15,16)9-2-1-3-12(8-9)20(18,19)11-6-4-10(17)5-7-11;1-12-7-3-5(8(10)11)2-6(9)4-7/h2-4,9-12,16,18H,5-8H2,1H3,(H,26,27);1-3,8,10-11H,4-7,17H2;2-4H,1H3,(H,10,11). The zero-order valence-corrected chi connectivity index (χ0v) is 35.3. The second kappa shape index (κ2) is 20.9. The minimum atomic E-state index is -4.63. The molecule has 0 unspecified atom stereocenters. The normalized spacial score (nSPS) is 19.3. The fourth-order valence-corrected chi connectivity index (χ4v) is 10.6. The third-order valence-corrected chi connectivity index (χ3v) is 14.8. The Morgan fingerprint density at radius 2 is 1.02 bits per heavy atom. The molecule has 1 amide bonds. The molecule has 21 heteroatoms. The molecule has 6 rings (SSSR count). The lowest BCUT2D eigenvalue weighted by atomic mass is 9.94. The largest absolute Gasteiger partial charge is 0.497 e. The number of alkyl halides is 6. The number of halogens is 8. The highest BCUT2D eigenvalue weighted by atomic mass is 32.2. The molecule has 4 aromatic rings. The van der Waals surface area contributed by atoms with Crippen LogP contribution in [-0.4, -0.2) is 70.6 Å². The van der Waals surface area contributed by atoms with Gasteiger partial charge in [0.25, 0.3) is 5.91 Å². The van der Waals surface area contributed by atoms with Gasteiger partial charge in [-0.05, 0) is 112 Å². The van der Waals surface area contributed by atoms with Crippen LogP contribution in [0.1, 0.15) is 83.2 Å². The SMILES string of the molecule is COc1cc(F)cc(C(=O)NC2CCC(S(=O)(=O)c3cccc(C(F)(F)F)c3)CC2)c1.COc1cc(F)cc(C(=O)O)c1.NC1CCC(S(=O)(=O)c2cccc(C(F)(F)F)c2)CC1. The molecule has 344 valence electrons. The van der Waals surface area contributed by atoms with E-state index in [0.717, 1.165) is 54.6 Å². The van der Waals surface area contributed by atoms with E-state index >= 15 is 0 Å². The summed E-state index contributed by atoms with van der Waals surface area (Å²) < 4.78 is 163. The van der Waals surface area contributed by atoms with Gasteiger partial charge in [0.05, 0.1) is 51.2 Å². The second-order valence-electron chi connectivity index (χ2n) is 14.7. The van der Waals surface area contributed by atoms with Crippen LogP contribution in [0.5, 0.6) is 11.5 Å². The van der Waals surface area contributed by atoms with Crippen LogP contribution < -0.4 is 20.5 Å². The van der Waals surface area contributed by atoms with Crippen molar-refractivity contribution in [3.05, 3.63) is 119 Å². The Labute approximate surface area is 358 Å². The molecule has 0 heterocycles. The van der Waals surface area contributed by atoms with E-state index in [0.29, 0.717) is 50.7 Å². The number of nitrogens with two attached hydrogens (primary N) is 1. The smallest absolute Gasteiger partial charge is 0.416 e. The molecular weight excluding hydrogens is 893 g/mol. The molecule has 0 radical (unpaired) electrons. The number of sulfone groups is 2. The van der Waals surface area contributed by atoms with Crippen molar-refractivity contribution in [2.24, 2.45) is 5.73 Å². The van der Waals surface area contributed by atoms with E-state index in [2.05, 4.69) is 10.1 Å². The number of ether oxygens (including phenoxy) is 2. The summed E-state index contributed by atoms with van der Waals surface area (Å²) in [5.74, 6) is -2.53. The van der Waals surface area contributed by atoms with Crippen molar-refractivity contribution >= 4 is 31.6 Å². The average Bonchev–Trinajstić information content (AvgIpc) is 3.23. The monoisotopic (exact) mass is 936 g/mol. The fourth-order valence-electron chi connectivity index (χ4n) is 6.88. The van der Waals surface area contributed by atoms with Gasteiger partial charge >= 0.3 is 18.3 Å². The number of carboxylic acids is 1. The van der Waals surface area contributed by atoms with Gasteiger partial charge in [0.1, 0.15) is 23.1 Å². The highest BCUT2D eigenvalue weighted by Crippen LogP contribution is 2.35. The van der Waals surface area contributed by atoms with Crippen molar-refractivity contribution in [3.8, 4) is 11.5 Å². The molecule has 0 spiro atoms. The van der Waals surface area contributed by atoms with Crippen LogP contribution >= 0.6 is 0 Å². The molecule has 0 aromatic heterocycles. The van der Waals surface area contributed by atoms with Crippen LogP contribution in [0, 0.1) is 11.6 Å². The summed E-state index contributed by atoms with van der Waals surface area (Å²) in [5.41, 5.74) is 3.72. The van der Waals surface area contributed by atoms with Crippen molar-refractivity contribution in [3.63, 3.8) is 0 Å². The predicted octanol–water partition coefficient (Wildman–Crippen LogP) is 8.65. The third-order valence-electron chi connectivity index (χ3n) is 10.3. The predicted molar refractivity (Wildman–Crippen MR) is 214 cm³/mol. The van der Waals surface area contributed by atoms with E-state index in [9.17, 15) is 61.5 Å². The summed E-state index contributed by atoms with van der Waals surface area (Å²) in [5, 5.41) is 9.79. The Balaban J connectivity index is 0.000000232. The summed E-state index contributed by atoms with van der Waals surface area (Å²) in [6, 6.07) is 14.2. The summed E-state index contributed by atoms with van der Waals surface area (Å²) >= 11 is 0. The molecular formula is C42H44F8N2O9S2. The zero-order valence-electron chi connectivity index (χ0n) is 33.7. The summed E-state index contributed by atoms with van der Waals surface area (Å²) in [7, 11) is -4.97. The van der Waals surface area contributed by atoms with E-state index < -0.39 is 77.2 Å². The Morgan fingerprint density at radius 1 is 0.619 bits per heavy atom. The molecule has 11 nitrogen and oxygen atoms in total. The molecule has 0 saturated heterocycles. The number of aromatic carboxylic acids is 1. The van der Waals surface area contributed by atoms with Gasteiger partial charge in [-0.25, -0.2) is 30.4 Å². The van der Waals surface area contributed by atoms with Crippen LogP contribution in [0.15, 0.2) is 94.7 Å². The van der Waals surface area contributed by atoms with E-state index in [4.69, 9.17) is 15.6 Å². The van der Waals surface area contributed by atoms with Crippen molar-refractivity contribution < 1.29 is 76.1 Å². The van der Waals surface area contributed by atoms with Crippen LogP contribution in [-0.2, 0) is 32.0 Å². The summed E-state index contributed by atoms with van der Waals surface area (Å²) in [6.45, 7) is 0. The number of rotatable bonds is 9. The lowest BCUT2D eigenvalue weighted by molar-refractivity contribution is -0.138. The van der Waals surface area contributed by atoms with Crippen LogP contribution in [0.3, 0.4) is 0 Å². The number of amides is 1. The lowest BCUT2D eigenvalue weighted by Gasteiger charge is -2.29. The fraction of sp³-hybridized carbons (Fsp3) is 0.381. The van der Waals surface area contributed by atoms with Gasteiger partial charge in [0.15, 0.2) is 19.7 Å². The maximum Gasteiger partial charge on any atom is 0.416 e. The van der Waals surface area contributed by atoms with E-state index in [1.54, 1.807) is 0 Å². The maximum atomic E-state index is 13.6. The lowest BCUT2D eigenvalue weighted by Crippen LogP contribution is -2.40. The van der Waals surface area contributed by atoms with Gasteiger partial charge in [-0.3, -0.25) is 4.79 Å². The molecule has 63 heavy (non-hydrogen) atoms. The first-order valence-electron chi connectivity index (χ1n) is 19.2. The number of nitrogens with one attached hydrogen (secondary N) is 1. The van der Waals surface area contributed by atoms with Crippen LogP contribution in [0.2, 0.25) is 0 Å². The first-order valence-corrected chi connectivity index (χ1v) is 22.3. The molecule has 4 N–H and O–H groups in total. The van der Waals surface area contributed by atoms with Crippen molar-refractivity contribution in [2.45, 2.75) is 96.1 Å². The van der Waals surface area contributed by atoms with Crippen molar-refractivity contribution in [1.82, 2.24) is 5.32 Å². The van der Waals surface area contributed by atoms with Gasteiger partial charge < -0.3 is 25.6 Å². The molecule has 2 fully saturated rings. The van der Waals surface area contributed by atoms with Gasteiger partial charge in [-0.2, -0.15) is 26.3 Å². The number of carbonyl (C=O) groups is 2. The van der Waals surface area contributed by atoms with Gasteiger partial charge in [0, 0.05) is 29.8 Å². The Bertz CT molecular complexity index is 2450. The van der Waals surface area contributed by atoms with Gasteiger partial charge in [0.2, 0.25) is 0 Å². The minimum Gasteiger partial charge on any atom is -0.497 e. The zero-order chi connectivity index (χ0) is 46.9. The number of carbonyl (C=O) groups excluding carboxylic acids is 1. The number of benzene rings is 4. The number of hydrogen-bond acceptors (Lipinski definition) is 9.